The second kappa shape index (κ2) is 8.22. The molecule has 0 N–H and O–H groups in total. The first-order chi connectivity index (χ1) is 12.8. The van der Waals surface area contributed by atoms with Crippen molar-refractivity contribution < 1.29 is 12.8 Å². The number of hydrogen-bond donors (Lipinski definition) is 0. The molecule has 27 heavy (non-hydrogen) atoms. The van der Waals surface area contributed by atoms with Crippen LogP contribution in [0.3, 0.4) is 0 Å². The number of rotatable bonds is 9. The number of hydrogen-bond acceptors (Lipinski definition) is 6. The third kappa shape index (κ3) is 4.66. The van der Waals surface area contributed by atoms with Crippen molar-refractivity contribution in [1.82, 2.24) is 19.0 Å². The van der Waals surface area contributed by atoms with Crippen molar-refractivity contribution >= 4 is 22.2 Å². The Labute approximate surface area is 165 Å². The van der Waals surface area contributed by atoms with Gasteiger partial charge in [0.1, 0.15) is 0 Å². The van der Waals surface area contributed by atoms with Gasteiger partial charge in [-0.15, -0.1) is 5.10 Å². The Bertz CT molecular complexity index is 944. The molecular weight excluding hydrogens is 384 g/mol. The first-order valence-electron chi connectivity index (χ1n) is 9.22. The highest BCUT2D eigenvalue weighted by Crippen LogP contribution is 2.29. The van der Waals surface area contributed by atoms with E-state index in [0.29, 0.717) is 31.2 Å². The van der Waals surface area contributed by atoms with Crippen LogP contribution in [0.4, 0.5) is 0 Å². The Morgan fingerprint density at radius 1 is 1.30 bits per heavy atom. The third-order valence-electron chi connectivity index (χ3n) is 4.67. The summed E-state index contributed by atoms with van der Waals surface area (Å²) in [6.45, 7) is 6.06. The van der Waals surface area contributed by atoms with Crippen molar-refractivity contribution in [2.75, 3.05) is 26.7 Å². The molecule has 1 heterocycles. The molecule has 1 aliphatic carbocycles. The van der Waals surface area contributed by atoms with E-state index < -0.39 is 10.0 Å². The molecule has 0 atom stereocenters. The number of sulfonamides is 1. The van der Waals surface area contributed by atoms with Crippen LogP contribution < -0.4 is 0 Å². The van der Waals surface area contributed by atoms with Crippen molar-refractivity contribution in [3.05, 3.63) is 29.1 Å². The molecule has 7 nitrogen and oxygen atoms in total. The SMILES string of the molecule is CCN(CC)S(=O)(=O)c1cccc(-c2nn(CN(C)CC3CC3)c(=S)o2)c1. The van der Waals surface area contributed by atoms with Crippen molar-refractivity contribution in [1.29, 1.82) is 0 Å². The monoisotopic (exact) mass is 410 g/mol. The van der Waals surface area contributed by atoms with Crippen molar-refractivity contribution in [2.24, 2.45) is 5.92 Å². The smallest absolute Gasteiger partial charge is 0.288 e. The lowest BCUT2D eigenvalue weighted by Gasteiger charge is -2.18. The summed E-state index contributed by atoms with van der Waals surface area (Å²) >= 11 is 5.29. The summed E-state index contributed by atoms with van der Waals surface area (Å²) in [7, 11) is -1.50. The predicted octanol–water partition coefficient (Wildman–Crippen LogP) is 3.20. The summed E-state index contributed by atoms with van der Waals surface area (Å²) in [5.41, 5.74) is 0.595. The summed E-state index contributed by atoms with van der Waals surface area (Å²) in [4.78, 5) is 2.68. The van der Waals surface area contributed by atoms with Gasteiger partial charge in [-0.25, -0.2) is 13.1 Å². The largest absolute Gasteiger partial charge is 0.409 e. The van der Waals surface area contributed by atoms with Crippen LogP contribution in [0.15, 0.2) is 33.6 Å². The highest BCUT2D eigenvalue weighted by molar-refractivity contribution is 7.89. The maximum absolute atomic E-state index is 12.7. The fourth-order valence-electron chi connectivity index (χ4n) is 3.04. The van der Waals surface area contributed by atoms with Crippen molar-refractivity contribution in [3.63, 3.8) is 0 Å². The Morgan fingerprint density at radius 2 is 2.00 bits per heavy atom. The van der Waals surface area contributed by atoms with Gasteiger partial charge in [-0.1, -0.05) is 19.9 Å². The van der Waals surface area contributed by atoms with Crippen LogP contribution in [0.25, 0.3) is 11.5 Å². The molecule has 9 heteroatoms. The van der Waals surface area contributed by atoms with Gasteiger partial charge in [0.05, 0.1) is 11.6 Å². The topological polar surface area (TPSA) is 71.6 Å². The van der Waals surface area contributed by atoms with E-state index >= 15 is 0 Å². The van der Waals surface area contributed by atoms with Gasteiger partial charge < -0.3 is 4.42 Å². The van der Waals surface area contributed by atoms with Gasteiger partial charge in [-0.3, -0.25) is 4.90 Å². The molecule has 2 aromatic rings. The second-order valence-corrected chi connectivity index (χ2v) is 9.20. The molecule has 3 rings (SSSR count). The van der Waals surface area contributed by atoms with Gasteiger partial charge in [0.2, 0.25) is 15.9 Å². The van der Waals surface area contributed by atoms with Gasteiger partial charge in [0.15, 0.2) is 0 Å². The molecule has 0 saturated heterocycles. The minimum absolute atomic E-state index is 0.227. The average molecular weight is 411 g/mol. The van der Waals surface area contributed by atoms with E-state index in [-0.39, 0.29) is 9.73 Å². The molecule has 0 amide bonds. The van der Waals surface area contributed by atoms with Crippen LogP contribution in [0, 0.1) is 10.8 Å². The van der Waals surface area contributed by atoms with Gasteiger partial charge in [-0.05, 0) is 56.2 Å². The normalized spacial score (nSPS) is 15.0. The van der Waals surface area contributed by atoms with E-state index in [4.69, 9.17) is 16.6 Å². The van der Waals surface area contributed by atoms with E-state index in [0.717, 1.165) is 12.5 Å². The van der Waals surface area contributed by atoms with Crippen LogP contribution in [-0.4, -0.2) is 54.1 Å². The molecule has 1 aromatic heterocycles. The zero-order valence-corrected chi connectivity index (χ0v) is 17.6. The first-order valence-corrected chi connectivity index (χ1v) is 11.1. The Balaban J connectivity index is 1.85. The van der Waals surface area contributed by atoms with Gasteiger partial charge in [0, 0.05) is 25.2 Å². The zero-order chi connectivity index (χ0) is 19.6. The average Bonchev–Trinajstić information content (AvgIpc) is 3.37. The van der Waals surface area contributed by atoms with Crippen LogP contribution >= 0.6 is 12.2 Å². The molecule has 0 aliphatic heterocycles. The highest BCUT2D eigenvalue weighted by atomic mass is 32.2. The predicted molar refractivity (Wildman–Crippen MR) is 106 cm³/mol. The molecule has 1 aliphatic rings. The minimum Gasteiger partial charge on any atom is -0.409 e. The molecule has 1 saturated carbocycles. The molecule has 0 unspecified atom stereocenters. The fourth-order valence-corrected chi connectivity index (χ4v) is 4.72. The third-order valence-corrected chi connectivity index (χ3v) is 7.01. The summed E-state index contributed by atoms with van der Waals surface area (Å²) in [6.07, 6.45) is 2.57. The summed E-state index contributed by atoms with van der Waals surface area (Å²) in [6, 6.07) is 6.65. The first kappa shape index (κ1) is 20.2. The lowest BCUT2D eigenvalue weighted by Crippen LogP contribution is -2.30. The Morgan fingerprint density at radius 3 is 2.63 bits per heavy atom. The van der Waals surface area contributed by atoms with Gasteiger partial charge in [0.25, 0.3) is 4.84 Å². The van der Waals surface area contributed by atoms with E-state index in [1.54, 1.807) is 28.9 Å². The Kier molecular flexibility index (Phi) is 6.15. The number of aromatic nitrogens is 2. The summed E-state index contributed by atoms with van der Waals surface area (Å²) in [5, 5.41) is 4.45. The zero-order valence-electron chi connectivity index (χ0n) is 16.0. The maximum atomic E-state index is 12.7. The lowest BCUT2D eigenvalue weighted by molar-refractivity contribution is 0.239. The van der Waals surface area contributed by atoms with E-state index in [9.17, 15) is 8.42 Å². The van der Waals surface area contributed by atoms with E-state index in [1.807, 2.05) is 20.9 Å². The second-order valence-electron chi connectivity index (χ2n) is 6.91. The molecule has 1 fully saturated rings. The Hall–Kier alpha value is -1.55. The highest BCUT2D eigenvalue weighted by Gasteiger charge is 2.24. The molecule has 0 radical (unpaired) electrons. The maximum Gasteiger partial charge on any atom is 0.288 e. The molecule has 0 bridgehead atoms. The van der Waals surface area contributed by atoms with E-state index in [1.165, 1.54) is 17.1 Å². The summed E-state index contributed by atoms with van der Waals surface area (Å²) in [5.74, 6) is 1.11. The number of nitrogens with zero attached hydrogens (tertiary/aromatic N) is 4. The summed E-state index contributed by atoms with van der Waals surface area (Å²) < 4.78 is 34.2. The van der Waals surface area contributed by atoms with Crippen LogP contribution in [0.2, 0.25) is 0 Å². The molecule has 0 spiro atoms. The van der Waals surface area contributed by atoms with Crippen molar-refractivity contribution in [2.45, 2.75) is 38.3 Å². The standard InChI is InChI=1S/C18H26N4O3S2/c1-4-21(5-2)27(23,24)16-8-6-7-15(11-16)17-19-22(18(26)25-17)13-20(3)12-14-9-10-14/h6-8,11,14H,4-5,9-10,12-13H2,1-3H3. The molecule has 1 aromatic carbocycles. The van der Waals surface area contributed by atoms with E-state index in [2.05, 4.69) is 10.00 Å². The van der Waals surface area contributed by atoms with Crippen LogP contribution in [-0.2, 0) is 16.7 Å². The van der Waals surface area contributed by atoms with Crippen LogP contribution in [0.5, 0.6) is 0 Å². The quantitative estimate of drug-likeness (QED) is 0.591. The van der Waals surface area contributed by atoms with Gasteiger partial charge >= 0.3 is 0 Å². The molecular formula is C18H26N4O3S2. The van der Waals surface area contributed by atoms with Crippen molar-refractivity contribution in [3.8, 4) is 11.5 Å². The molecule has 148 valence electrons. The number of benzene rings is 1. The van der Waals surface area contributed by atoms with Gasteiger partial charge in [-0.2, -0.15) is 4.31 Å². The fraction of sp³-hybridized carbons (Fsp3) is 0.556. The van der Waals surface area contributed by atoms with Crippen LogP contribution in [0.1, 0.15) is 26.7 Å². The lowest BCUT2D eigenvalue weighted by atomic mass is 10.2. The minimum atomic E-state index is -3.54.